The standard InChI is InChI=1S/C18H16N6/c1-2-6-14(7-3-1)17-21-16-9-5-4-8-15(16)18(22-17)19-10-12-24-13-11-20-23-24/h1-9,11,13H,10,12H2,(H,19,21,22). The number of nitrogens with zero attached hydrogens (tertiary/aromatic N) is 5. The Bertz CT molecular complexity index is 934. The molecule has 2 aromatic heterocycles. The van der Waals surface area contributed by atoms with Crippen LogP contribution in [0.25, 0.3) is 22.3 Å². The minimum Gasteiger partial charge on any atom is -0.368 e. The van der Waals surface area contributed by atoms with E-state index >= 15 is 0 Å². The van der Waals surface area contributed by atoms with Crippen molar-refractivity contribution in [3.8, 4) is 11.4 Å². The number of benzene rings is 2. The van der Waals surface area contributed by atoms with Gasteiger partial charge in [-0.2, -0.15) is 0 Å². The van der Waals surface area contributed by atoms with Crippen LogP contribution in [0.3, 0.4) is 0 Å². The zero-order valence-electron chi connectivity index (χ0n) is 13.0. The quantitative estimate of drug-likeness (QED) is 0.613. The SMILES string of the molecule is c1ccc(-c2nc(NCCn3ccnn3)c3ccccc3n2)cc1. The number of fused-ring (bicyclic) bond motifs is 1. The third kappa shape index (κ3) is 2.94. The second-order valence-electron chi connectivity index (χ2n) is 5.37. The molecule has 4 rings (SSSR count). The number of para-hydroxylation sites is 1. The lowest BCUT2D eigenvalue weighted by Crippen LogP contribution is -2.12. The van der Waals surface area contributed by atoms with E-state index in [1.165, 1.54) is 0 Å². The van der Waals surface area contributed by atoms with Crippen LogP contribution in [0.4, 0.5) is 5.82 Å². The van der Waals surface area contributed by atoms with Crippen LogP contribution in [-0.4, -0.2) is 31.5 Å². The van der Waals surface area contributed by atoms with Crippen LogP contribution in [0, 0.1) is 0 Å². The number of aromatic nitrogens is 5. The van der Waals surface area contributed by atoms with Gasteiger partial charge in [0.2, 0.25) is 0 Å². The molecular formula is C18H16N6. The van der Waals surface area contributed by atoms with Crippen LogP contribution in [0.1, 0.15) is 0 Å². The van der Waals surface area contributed by atoms with E-state index in [1.807, 2.05) is 60.8 Å². The Balaban J connectivity index is 1.67. The predicted octanol–water partition coefficient (Wildman–Crippen LogP) is 3.00. The van der Waals surface area contributed by atoms with Crippen molar-refractivity contribution in [2.24, 2.45) is 0 Å². The first-order valence-corrected chi connectivity index (χ1v) is 7.80. The lowest BCUT2D eigenvalue weighted by molar-refractivity contribution is 0.608. The molecule has 0 saturated carbocycles. The molecule has 24 heavy (non-hydrogen) atoms. The van der Waals surface area contributed by atoms with Crippen LogP contribution >= 0.6 is 0 Å². The van der Waals surface area contributed by atoms with Gasteiger partial charge in [-0.3, -0.25) is 4.68 Å². The van der Waals surface area contributed by atoms with Crippen molar-refractivity contribution in [2.75, 3.05) is 11.9 Å². The summed E-state index contributed by atoms with van der Waals surface area (Å²) in [5.41, 5.74) is 1.93. The topological polar surface area (TPSA) is 68.5 Å². The Morgan fingerprint density at radius 1 is 0.917 bits per heavy atom. The van der Waals surface area contributed by atoms with Gasteiger partial charge in [-0.1, -0.05) is 47.7 Å². The predicted molar refractivity (Wildman–Crippen MR) is 93.5 cm³/mol. The molecule has 6 nitrogen and oxygen atoms in total. The van der Waals surface area contributed by atoms with E-state index in [0.717, 1.165) is 34.7 Å². The first-order chi connectivity index (χ1) is 11.9. The van der Waals surface area contributed by atoms with Crippen molar-refractivity contribution in [2.45, 2.75) is 6.54 Å². The van der Waals surface area contributed by atoms with Crippen molar-refractivity contribution in [1.29, 1.82) is 0 Å². The Kier molecular flexibility index (Phi) is 3.85. The molecule has 0 amide bonds. The Morgan fingerprint density at radius 3 is 2.58 bits per heavy atom. The molecule has 2 aromatic carbocycles. The Hall–Kier alpha value is -3.28. The zero-order valence-corrected chi connectivity index (χ0v) is 13.0. The number of nitrogens with one attached hydrogen (secondary N) is 1. The number of rotatable bonds is 5. The van der Waals surface area contributed by atoms with Gasteiger partial charge in [0.1, 0.15) is 5.82 Å². The van der Waals surface area contributed by atoms with Crippen molar-refractivity contribution < 1.29 is 0 Å². The van der Waals surface area contributed by atoms with Gasteiger partial charge < -0.3 is 5.32 Å². The summed E-state index contributed by atoms with van der Waals surface area (Å²) in [5.74, 6) is 1.55. The minimum atomic E-state index is 0.707. The van der Waals surface area contributed by atoms with Crippen molar-refractivity contribution in [3.05, 3.63) is 67.0 Å². The van der Waals surface area contributed by atoms with Gasteiger partial charge >= 0.3 is 0 Å². The van der Waals surface area contributed by atoms with Crippen LogP contribution in [0.2, 0.25) is 0 Å². The zero-order chi connectivity index (χ0) is 16.2. The van der Waals surface area contributed by atoms with Crippen LogP contribution in [0.5, 0.6) is 0 Å². The second kappa shape index (κ2) is 6.45. The number of anilines is 1. The number of hydrogen-bond acceptors (Lipinski definition) is 5. The van der Waals surface area contributed by atoms with Crippen LogP contribution in [-0.2, 0) is 6.54 Å². The van der Waals surface area contributed by atoms with Gasteiger partial charge in [-0.25, -0.2) is 9.97 Å². The minimum absolute atomic E-state index is 0.707. The van der Waals surface area contributed by atoms with Gasteiger partial charge in [0.15, 0.2) is 5.82 Å². The van der Waals surface area contributed by atoms with Crippen molar-refractivity contribution in [3.63, 3.8) is 0 Å². The summed E-state index contributed by atoms with van der Waals surface area (Å²) in [4.78, 5) is 9.41. The van der Waals surface area contributed by atoms with Crippen LogP contribution < -0.4 is 5.32 Å². The van der Waals surface area contributed by atoms with E-state index in [1.54, 1.807) is 10.9 Å². The van der Waals surface area contributed by atoms with E-state index in [9.17, 15) is 0 Å². The van der Waals surface area contributed by atoms with E-state index in [2.05, 4.69) is 20.6 Å². The fraction of sp³-hybridized carbons (Fsp3) is 0.111. The molecule has 0 aliphatic carbocycles. The van der Waals surface area contributed by atoms with Gasteiger partial charge in [-0.05, 0) is 12.1 Å². The lowest BCUT2D eigenvalue weighted by atomic mass is 10.2. The maximum absolute atomic E-state index is 4.72. The number of hydrogen-bond donors (Lipinski definition) is 1. The lowest BCUT2D eigenvalue weighted by Gasteiger charge is -2.11. The summed E-state index contributed by atoms with van der Waals surface area (Å²) in [7, 11) is 0. The summed E-state index contributed by atoms with van der Waals surface area (Å²) in [6.07, 6.45) is 3.52. The summed E-state index contributed by atoms with van der Waals surface area (Å²) >= 11 is 0. The molecule has 118 valence electrons. The third-order valence-electron chi connectivity index (χ3n) is 3.74. The molecule has 6 heteroatoms. The monoisotopic (exact) mass is 316 g/mol. The molecule has 0 aliphatic rings. The highest BCUT2D eigenvalue weighted by Gasteiger charge is 2.08. The summed E-state index contributed by atoms with van der Waals surface area (Å²) in [6.45, 7) is 1.43. The summed E-state index contributed by atoms with van der Waals surface area (Å²) < 4.78 is 1.79. The molecule has 0 fully saturated rings. The fourth-order valence-electron chi connectivity index (χ4n) is 2.57. The normalized spacial score (nSPS) is 10.8. The van der Waals surface area contributed by atoms with Crippen molar-refractivity contribution >= 4 is 16.7 Å². The molecule has 0 radical (unpaired) electrons. The molecule has 0 aliphatic heterocycles. The van der Waals surface area contributed by atoms with E-state index in [4.69, 9.17) is 4.98 Å². The van der Waals surface area contributed by atoms with Crippen LogP contribution in [0.15, 0.2) is 67.0 Å². The maximum atomic E-state index is 4.72. The second-order valence-corrected chi connectivity index (χ2v) is 5.37. The molecular weight excluding hydrogens is 300 g/mol. The molecule has 4 aromatic rings. The molecule has 0 spiro atoms. The average molecular weight is 316 g/mol. The third-order valence-corrected chi connectivity index (χ3v) is 3.74. The average Bonchev–Trinajstić information content (AvgIpc) is 3.16. The van der Waals surface area contributed by atoms with E-state index < -0.39 is 0 Å². The van der Waals surface area contributed by atoms with E-state index in [-0.39, 0.29) is 0 Å². The molecule has 2 heterocycles. The smallest absolute Gasteiger partial charge is 0.162 e. The molecule has 0 unspecified atom stereocenters. The van der Waals surface area contributed by atoms with Gasteiger partial charge in [-0.15, -0.1) is 5.10 Å². The van der Waals surface area contributed by atoms with Gasteiger partial charge in [0.25, 0.3) is 0 Å². The first-order valence-electron chi connectivity index (χ1n) is 7.80. The maximum Gasteiger partial charge on any atom is 0.162 e. The fourth-order valence-corrected chi connectivity index (χ4v) is 2.57. The highest BCUT2D eigenvalue weighted by molar-refractivity contribution is 5.90. The van der Waals surface area contributed by atoms with Gasteiger partial charge in [0.05, 0.1) is 18.3 Å². The summed E-state index contributed by atoms with van der Waals surface area (Å²) in [6, 6.07) is 18.0. The first kappa shape index (κ1) is 14.3. The Morgan fingerprint density at radius 2 is 1.75 bits per heavy atom. The van der Waals surface area contributed by atoms with Crippen molar-refractivity contribution in [1.82, 2.24) is 25.0 Å². The van der Waals surface area contributed by atoms with E-state index in [0.29, 0.717) is 6.54 Å². The molecule has 1 N–H and O–H groups in total. The Labute approximate surface area is 139 Å². The van der Waals surface area contributed by atoms with Gasteiger partial charge in [0, 0.05) is 23.7 Å². The molecule has 0 atom stereocenters. The highest BCUT2D eigenvalue weighted by atomic mass is 15.4. The highest BCUT2D eigenvalue weighted by Crippen LogP contribution is 2.24. The summed E-state index contributed by atoms with van der Waals surface area (Å²) in [5, 5.41) is 12.2. The molecule has 0 saturated heterocycles. The largest absolute Gasteiger partial charge is 0.368 e. The molecule has 0 bridgehead atoms.